The van der Waals surface area contributed by atoms with Crippen molar-refractivity contribution < 1.29 is 9.53 Å². The Morgan fingerprint density at radius 3 is 2.83 bits per heavy atom. The van der Waals surface area contributed by atoms with Gasteiger partial charge in [0, 0.05) is 11.9 Å². The van der Waals surface area contributed by atoms with Crippen molar-refractivity contribution in [1.82, 2.24) is 9.97 Å². The molecule has 0 amide bonds. The van der Waals surface area contributed by atoms with Crippen molar-refractivity contribution in [2.75, 3.05) is 12.4 Å². The topological polar surface area (TPSA) is 64.1 Å². The molecule has 3 rings (SSSR count). The first-order valence-corrected chi connectivity index (χ1v) is 7.30. The lowest BCUT2D eigenvalue weighted by Gasteiger charge is -2.11. The molecule has 2 aromatic carbocycles. The van der Waals surface area contributed by atoms with Crippen LogP contribution in [0.4, 0.5) is 5.82 Å². The number of aromatic nitrogens is 2. The molecule has 1 aromatic heterocycles. The number of esters is 1. The van der Waals surface area contributed by atoms with Crippen LogP contribution in [0.2, 0.25) is 0 Å². The van der Waals surface area contributed by atoms with E-state index < -0.39 is 0 Å². The van der Waals surface area contributed by atoms with Gasteiger partial charge < -0.3 is 10.1 Å². The Morgan fingerprint density at radius 1 is 1.17 bits per heavy atom. The molecule has 1 heterocycles. The molecule has 0 saturated heterocycles. The maximum atomic E-state index is 11.8. The van der Waals surface area contributed by atoms with Crippen LogP contribution in [0, 0.1) is 6.92 Å². The van der Waals surface area contributed by atoms with E-state index in [0.29, 0.717) is 12.1 Å². The van der Waals surface area contributed by atoms with Gasteiger partial charge in [-0.1, -0.05) is 29.8 Å². The van der Waals surface area contributed by atoms with Crippen LogP contribution in [-0.4, -0.2) is 23.0 Å². The number of nitrogens with zero attached hydrogens (tertiary/aromatic N) is 2. The van der Waals surface area contributed by atoms with Gasteiger partial charge in [0.2, 0.25) is 0 Å². The number of ether oxygens (including phenoxy) is 1. The second kappa shape index (κ2) is 6.44. The van der Waals surface area contributed by atoms with Crippen LogP contribution >= 0.6 is 0 Å². The highest BCUT2D eigenvalue weighted by molar-refractivity contribution is 5.91. The minimum atomic E-state index is -0.342. The molecule has 0 unspecified atom stereocenters. The van der Waals surface area contributed by atoms with Crippen molar-refractivity contribution in [2.24, 2.45) is 0 Å². The fraction of sp³-hybridized carbons (Fsp3) is 0.167. The van der Waals surface area contributed by atoms with Crippen molar-refractivity contribution in [3.05, 3.63) is 65.5 Å². The van der Waals surface area contributed by atoms with Gasteiger partial charge in [0.15, 0.2) is 0 Å². The largest absolute Gasteiger partial charge is 0.465 e. The number of hydrogen-bond acceptors (Lipinski definition) is 5. The zero-order valence-corrected chi connectivity index (χ0v) is 13.0. The van der Waals surface area contributed by atoms with Crippen LogP contribution in [0.25, 0.3) is 10.9 Å². The summed E-state index contributed by atoms with van der Waals surface area (Å²) in [6.45, 7) is 2.51. The van der Waals surface area contributed by atoms with Crippen molar-refractivity contribution in [2.45, 2.75) is 13.5 Å². The van der Waals surface area contributed by atoms with Crippen molar-refractivity contribution in [3.8, 4) is 0 Å². The minimum Gasteiger partial charge on any atom is -0.465 e. The van der Waals surface area contributed by atoms with Gasteiger partial charge in [0.25, 0.3) is 0 Å². The summed E-state index contributed by atoms with van der Waals surface area (Å²) in [5, 5.41) is 4.25. The number of rotatable bonds is 4. The van der Waals surface area contributed by atoms with Gasteiger partial charge in [0.05, 0.1) is 18.2 Å². The fourth-order valence-corrected chi connectivity index (χ4v) is 2.47. The Labute approximate surface area is 134 Å². The second-order valence-corrected chi connectivity index (χ2v) is 5.25. The van der Waals surface area contributed by atoms with Crippen LogP contribution in [0.15, 0.2) is 48.8 Å². The van der Waals surface area contributed by atoms with Gasteiger partial charge in [-0.25, -0.2) is 14.8 Å². The van der Waals surface area contributed by atoms with Gasteiger partial charge in [-0.2, -0.15) is 0 Å². The maximum Gasteiger partial charge on any atom is 0.338 e. The fourth-order valence-electron chi connectivity index (χ4n) is 2.47. The Kier molecular flexibility index (Phi) is 4.19. The molecule has 0 aliphatic heterocycles. The van der Waals surface area contributed by atoms with E-state index in [-0.39, 0.29) is 5.97 Å². The summed E-state index contributed by atoms with van der Waals surface area (Å²) >= 11 is 0. The molecule has 0 fully saturated rings. The smallest absolute Gasteiger partial charge is 0.338 e. The van der Waals surface area contributed by atoms with E-state index in [1.54, 1.807) is 6.07 Å². The molecule has 0 atom stereocenters. The highest BCUT2D eigenvalue weighted by Crippen LogP contribution is 2.21. The summed E-state index contributed by atoms with van der Waals surface area (Å²) in [6.07, 6.45) is 1.53. The second-order valence-electron chi connectivity index (χ2n) is 5.25. The maximum absolute atomic E-state index is 11.8. The molecule has 116 valence electrons. The summed E-state index contributed by atoms with van der Waals surface area (Å²) in [5.74, 6) is 0.407. The van der Waals surface area contributed by atoms with Crippen LogP contribution in [-0.2, 0) is 11.3 Å². The third kappa shape index (κ3) is 3.13. The number of carbonyl (C=O) groups is 1. The van der Waals surface area contributed by atoms with Gasteiger partial charge in [0.1, 0.15) is 12.1 Å². The number of benzene rings is 2. The Balaban J connectivity index is 1.90. The lowest BCUT2D eigenvalue weighted by molar-refractivity contribution is 0.0599. The van der Waals surface area contributed by atoms with Crippen LogP contribution in [0.1, 0.15) is 21.5 Å². The van der Waals surface area contributed by atoms with Gasteiger partial charge in [-0.15, -0.1) is 0 Å². The predicted octanol–water partition coefficient (Wildman–Crippen LogP) is 3.34. The normalized spacial score (nSPS) is 10.5. The Morgan fingerprint density at radius 2 is 2.00 bits per heavy atom. The van der Waals surface area contributed by atoms with E-state index >= 15 is 0 Å². The molecule has 0 aliphatic carbocycles. The van der Waals surface area contributed by atoms with Crippen LogP contribution in [0.5, 0.6) is 0 Å². The first kappa shape index (κ1) is 15.0. The van der Waals surface area contributed by atoms with E-state index in [4.69, 9.17) is 4.74 Å². The van der Waals surface area contributed by atoms with E-state index in [2.05, 4.69) is 15.3 Å². The molecule has 0 saturated carbocycles. The van der Waals surface area contributed by atoms with Crippen LogP contribution in [0.3, 0.4) is 0 Å². The van der Waals surface area contributed by atoms with Crippen molar-refractivity contribution in [1.29, 1.82) is 0 Å². The van der Waals surface area contributed by atoms with Gasteiger partial charge in [-0.3, -0.25) is 0 Å². The predicted molar refractivity (Wildman–Crippen MR) is 89.4 cm³/mol. The number of nitrogens with one attached hydrogen (secondary N) is 1. The monoisotopic (exact) mass is 307 g/mol. The number of anilines is 1. The standard InChI is InChI=1S/C18H17N3O2/c1-12-7-8-16-15(9-12)17(21-11-20-16)19-10-13-5-3-4-6-14(13)18(22)23-2/h3-9,11H,10H2,1-2H3,(H,19,20,21). The lowest BCUT2D eigenvalue weighted by Crippen LogP contribution is -2.10. The SMILES string of the molecule is COC(=O)c1ccccc1CNc1ncnc2ccc(C)cc12. The first-order chi connectivity index (χ1) is 11.2. The molecule has 0 spiro atoms. The molecule has 23 heavy (non-hydrogen) atoms. The molecular formula is C18H17N3O2. The van der Waals surface area contributed by atoms with Crippen molar-refractivity contribution >= 4 is 22.7 Å². The summed E-state index contributed by atoms with van der Waals surface area (Å²) in [6, 6.07) is 13.4. The zero-order valence-electron chi connectivity index (χ0n) is 13.0. The van der Waals surface area contributed by atoms with E-state index in [1.807, 2.05) is 43.3 Å². The lowest BCUT2D eigenvalue weighted by atomic mass is 10.1. The first-order valence-electron chi connectivity index (χ1n) is 7.30. The summed E-state index contributed by atoms with van der Waals surface area (Å²) in [4.78, 5) is 20.4. The number of hydrogen-bond donors (Lipinski definition) is 1. The number of fused-ring (bicyclic) bond motifs is 1. The summed E-state index contributed by atoms with van der Waals surface area (Å²) in [5.41, 5.74) is 3.44. The summed E-state index contributed by atoms with van der Waals surface area (Å²) in [7, 11) is 1.38. The van der Waals surface area contributed by atoms with E-state index in [0.717, 1.165) is 27.8 Å². The molecule has 5 heteroatoms. The van der Waals surface area contributed by atoms with Gasteiger partial charge >= 0.3 is 5.97 Å². The third-order valence-corrected chi connectivity index (χ3v) is 3.66. The molecule has 5 nitrogen and oxygen atoms in total. The number of carbonyl (C=O) groups excluding carboxylic acids is 1. The molecule has 0 radical (unpaired) electrons. The van der Waals surface area contributed by atoms with E-state index in [9.17, 15) is 4.79 Å². The molecule has 3 aromatic rings. The van der Waals surface area contributed by atoms with E-state index in [1.165, 1.54) is 13.4 Å². The Bertz CT molecular complexity index is 862. The average Bonchev–Trinajstić information content (AvgIpc) is 2.59. The third-order valence-electron chi connectivity index (χ3n) is 3.66. The number of methoxy groups -OCH3 is 1. The highest BCUT2D eigenvalue weighted by atomic mass is 16.5. The number of aryl methyl sites for hydroxylation is 1. The van der Waals surface area contributed by atoms with Crippen molar-refractivity contribution in [3.63, 3.8) is 0 Å². The quantitative estimate of drug-likeness (QED) is 0.749. The zero-order chi connectivity index (χ0) is 16.2. The van der Waals surface area contributed by atoms with Gasteiger partial charge in [-0.05, 0) is 30.7 Å². The summed E-state index contributed by atoms with van der Waals surface area (Å²) < 4.78 is 4.82. The molecular weight excluding hydrogens is 290 g/mol. The minimum absolute atomic E-state index is 0.342. The molecule has 0 aliphatic rings. The van der Waals surface area contributed by atoms with Crippen LogP contribution < -0.4 is 5.32 Å². The molecule has 1 N–H and O–H groups in total. The highest BCUT2D eigenvalue weighted by Gasteiger charge is 2.11. The molecule has 0 bridgehead atoms. The average molecular weight is 307 g/mol. The Hall–Kier alpha value is -2.95.